The van der Waals surface area contributed by atoms with Crippen molar-refractivity contribution in [3.63, 3.8) is 0 Å². The SMILES string of the molecule is O=C(NCc1ccco1)[C@H]1CN(Cc2ccc(F)cc2)C[C@@]12OCCNC2=O. The first kappa shape index (κ1) is 18.6. The van der Waals surface area contributed by atoms with Gasteiger partial charge in [0.25, 0.3) is 5.91 Å². The molecule has 2 N–H and O–H groups in total. The van der Waals surface area contributed by atoms with Gasteiger partial charge in [0.2, 0.25) is 5.91 Å². The van der Waals surface area contributed by atoms with E-state index in [0.29, 0.717) is 38.5 Å². The van der Waals surface area contributed by atoms with E-state index in [9.17, 15) is 14.0 Å². The number of benzene rings is 1. The number of ether oxygens (including phenoxy) is 1. The molecule has 2 aliphatic rings. The van der Waals surface area contributed by atoms with Crippen molar-refractivity contribution in [3.05, 3.63) is 59.8 Å². The second-order valence-electron chi connectivity index (χ2n) is 7.14. The lowest BCUT2D eigenvalue weighted by atomic mass is 9.88. The van der Waals surface area contributed by atoms with E-state index >= 15 is 0 Å². The molecule has 148 valence electrons. The van der Waals surface area contributed by atoms with E-state index in [1.807, 2.05) is 4.90 Å². The second-order valence-corrected chi connectivity index (χ2v) is 7.14. The molecule has 2 aromatic rings. The number of hydrogen-bond donors (Lipinski definition) is 2. The van der Waals surface area contributed by atoms with Gasteiger partial charge in [-0.05, 0) is 29.8 Å². The number of carbonyl (C=O) groups is 2. The third kappa shape index (κ3) is 3.65. The summed E-state index contributed by atoms with van der Waals surface area (Å²) in [6, 6.07) is 9.73. The predicted molar refractivity (Wildman–Crippen MR) is 97.4 cm³/mol. The molecule has 7 nitrogen and oxygen atoms in total. The lowest BCUT2D eigenvalue weighted by molar-refractivity contribution is -0.163. The maximum absolute atomic E-state index is 13.2. The van der Waals surface area contributed by atoms with Gasteiger partial charge in [0.1, 0.15) is 11.6 Å². The van der Waals surface area contributed by atoms with E-state index in [-0.39, 0.29) is 24.2 Å². The van der Waals surface area contributed by atoms with Gasteiger partial charge >= 0.3 is 0 Å². The van der Waals surface area contributed by atoms with Crippen molar-refractivity contribution >= 4 is 11.8 Å². The Balaban J connectivity index is 1.50. The van der Waals surface area contributed by atoms with Gasteiger partial charge in [0.15, 0.2) is 5.60 Å². The molecule has 2 saturated heterocycles. The van der Waals surface area contributed by atoms with Crippen molar-refractivity contribution in [3.8, 4) is 0 Å². The largest absolute Gasteiger partial charge is 0.467 e. The van der Waals surface area contributed by atoms with Gasteiger partial charge in [-0.25, -0.2) is 4.39 Å². The Hall–Kier alpha value is -2.71. The summed E-state index contributed by atoms with van der Waals surface area (Å²) in [5, 5.41) is 5.66. The Labute approximate surface area is 161 Å². The van der Waals surface area contributed by atoms with Gasteiger partial charge in [0, 0.05) is 26.2 Å². The highest BCUT2D eigenvalue weighted by atomic mass is 19.1. The predicted octanol–water partition coefficient (Wildman–Crippen LogP) is 1.05. The first-order chi connectivity index (χ1) is 13.6. The van der Waals surface area contributed by atoms with Crippen LogP contribution in [0.1, 0.15) is 11.3 Å². The Morgan fingerprint density at radius 2 is 2.14 bits per heavy atom. The van der Waals surface area contributed by atoms with Gasteiger partial charge in [0.05, 0.1) is 25.3 Å². The molecule has 8 heteroatoms. The minimum Gasteiger partial charge on any atom is -0.467 e. The molecule has 2 aliphatic heterocycles. The number of nitrogens with one attached hydrogen (secondary N) is 2. The molecule has 2 atom stereocenters. The maximum atomic E-state index is 13.2. The highest BCUT2D eigenvalue weighted by molar-refractivity contribution is 5.94. The third-order valence-corrected chi connectivity index (χ3v) is 5.25. The maximum Gasteiger partial charge on any atom is 0.254 e. The molecule has 4 rings (SSSR count). The summed E-state index contributed by atoms with van der Waals surface area (Å²) in [7, 11) is 0. The summed E-state index contributed by atoms with van der Waals surface area (Å²) >= 11 is 0. The number of hydrogen-bond acceptors (Lipinski definition) is 5. The Morgan fingerprint density at radius 1 is 1.32 bits per heavy atom. The number of morpholine rings is 1. The van der Waals surface area contributed by atoms with E-state index in [1.165, 1.54) is 12.1 Å². The molecule has 0 unspecified atom stereocenters. The lowest BCUT2D eigenvalue weighted by Gasteiger charge is -2.36. The summed E-state index contributed by atoms with van der Waals surface area (Å²) in [5.74, 6) is -0.832. The zero-order valence-electron chi connectivity index (χ0n) is 15.3. The van der Waals surface area contributed by atoms with Crippen LogP contribution in [-0.2, 0) is 27.4 Å². The average molecular weight is 387 g/mol. The molecule has 1 aromatic heterocycles. The van der Waals surface area contributed by atoms with Gasteiger partial charge < -0.3 is 19.8 Å². The zero-order valence-corrected chi connectivity index (χ0v) is 15.3. The minimum atomic E-state index is -1.22. The van der Waals surface area contributed by atoms with Gasteiger partial charge in [-0.2, -0.15) is 0 Å². The molecule has 3 heterocycles. The highest BCUT2D eigenvalue weighted by Crippen LogP contribution is 2.34. The van der Waals surface area contributed by atoms with Crippen LogP contribution >= 0.6 is 0 Å². The quantitative estimate of drug-likeness (QED) is 0.801. The third-order valence-electron chi connectivity index (χ3n) is 5.25. The number of nitrogens with zero attached hydrogens (tertiary/aromatic N) is 1. The Morgan fingerprint density at radius 3 is 2.86 bits per heavy atom. The molecular formula is C20H22FN3O4. The number of rotatable bonds is 5. The number of likely N-dealkylation sites (tertiary alicyclic amines) is 1. The van der Waals surface area contributed by atoms with Crippen LogP contribution < -0.4 is 10.6 Å². The molecule has 2 fully saturated rings. The first-order valence-corrected chi connectivity index (χ1v) is 9.26. The van der Waals surface area contributed by atoms with E-state index in [0.717, 1.165) is 5.56 Å². The summed E-state index contributed by atoms with van der Waals surface area (Å²) < 4.78 is 24.3. The van der Waals surface area contributed by atoms with Crippen molar-refractivity contribution in [2.24, 2.45) is 5.92 Å². The number of furan rings is 1. The molecule has 1 spiro atoms. The standard InChI is InChI=1S/C20H22FN3O4/c21-15-5-3-14(4-6-15)11-24-12-17(18(25)23-10-16-2-1-8-27-16)20(13-24)19(26)22-7-9-28-20/h1-6,8,17H,7,9-13H2,(H,22,26)(H,23,25)/t17-,20-/m1/s1. The van der Waals surface area contributed by atoms with E-state index < -0.39 is 11.5 Å². The summed E-state index contributed by atoms with van der Waals surface area (Å²) in [6.07, 6.45) is 1.54. The lowest BCUT2D eigenvalue weighted by Crippen LogP contribution is -2.61. The van der Waals surface area contributed by atoms with Crippen LogP contribution in [0.15, 0.2) is 47.1 Å². The van der Waals surface area contributed by atoms with Crippen molar-refractivity contribution in [2.45, 2.75) is 18.7 Å². The molecule has 1 aromatic carbocycles. The summed E-state index contributed by atoms with van der Waals surface area (Å²) in [6.45, 7) is 2.21. The molecule has 0 aliphatic carbocycles. The fraction of sp³-hybridized carbons (Fsp3) is 0.400. The van der Waals surface area contributed by atoms with Gasteiger partial charge in [-0.15, -0.1) is 0 Å². The monoisotopic (exact) mass is 387 g/mol. The van der Waals surface area contributed by atoms with Crippen molar-refractivity contribution in [1.29, 1.82) is 0 Å². The highest BCUT2D eigenvalue weighted by Gasteiger charge is 2.57. The Kier molecular flexibility index (Phi) is 5.15. The van der Waals surface area contributed by atoms with Crippen molar-refractivity contribution < 1.29 is 23.1 Å². The average Bonchev–Trinajstić information content (AvgIpc) is 3.33. The summed E-state index contributed by atoms with van der Waals surface area (Å²) in [4.78, 5) is 27.6. The van der Waals surface area contributed by atoms with Crippen LogP contribution in [0.25, 0.3) is 0 Å². The topological polar surface area (TPSA) is 83.8 Å². The molecule has 0 bridgehead atoms. The molecular weight excluding hydrogens is 365 g/mol. The van der Waals surface area contributed by atoms with E-state index in [1.54, 1.807) is 30.5 Å². The molecule has 0 radical (unpaired) electrons. The Bertz CT molecular complexity index is 840. The number of carbonyl (C=O) groups excluding carboxylic acids is 2. The minimum absolute atomic E-state index is 0.248. The van der Waals surface area contributed by atoms with E-state index in [4.69, 9.17) is 9.15 Å². The van der Waals surface area contributed by atoms with Gasteiger partial charge in [-0.1, -0.05) is 12.1 Å². The fourth-order valence-corrected chi connectivity index (χ4v) is 3.88. The van der Waals surface area contributed by atoms with Crippen LogP contribution in [-0.4, -0.2) is 48.6 Å². The second kappa shape index (κ2) is 7.73. The molecule has 28 heavy (non-hydrogen) atoms. The number of halogens is 1. The number of amides is 2. The van der Waals surface area contributed by atoms with Crippen LogP contribution in [0.5, 0.6) is 0 Å². The van der Waals surface area contributed by atoms with Crippen molar-refractivity contribution in [1.82, 2.24) is 15.5 Å². The summed E-state index contributed by atoms with van der Waals surface area (Å²) in [5.41, 5.74) is -0.310. The van der Waals surface area contributed by atoms with E-state index in [2.05, 4.69) is 10.6 Å². The van der Waals surface area contributed by atoms with Crippen LogP contribution in [0.2, 0.25) is 0 Å². The van der Waals surface area contributed by atoms with Crippen LogP contribution in [0.4, 0.5) is 4.39 Å². The van der Waals surface area contributed by atoms with Crippen LogP contribution in [0, 0.1) is 11.7 Å². The fourth-order valence-electron chi connectivity index (χ4n) is 3.88. The first-order valence-electron chi connectivity index (χ1n) is 9.26. The van der Waals surface area contributed by atoms with Gasteiger partial charge in [-0.3, -0.25) is 14.5 Å². The molecule has 0 saturated carbocycles. The smallest absolute Gasteiger partial charge is 0.254 e. The van der Waals surface area contributed by atoms with Crippen LogP contribution in [0.3, 0.4) is 0 Å². The zero-order chi connectivity index (χ0) is 19.6. The normalized spacial score (nSPS) is 25.0. The molecule has 2 amide bonds. The van der Waals surface area contributed by atoms with Crippen molar-refractivity contribution in [2.75, 3.05) is 26.2 Å².